The van der Waals surface area contributed by atoms with Crippen molar-refractivity contribution < 1.29 is 18.0 Å². The van der Waals surface area contributed by atoms with E-state index in [2.05, 4.69) is 16.9 Å². The maximum absolute atomic E-state index is 15.2. The van der Waals surface area contributed by atoms with Crippen molar-refractivity contribution in [2.75, 3.05) is 28.6 Å². The molecule has 8 nitrogen and oxygen atoms in total. The lowest BCUT2D eigenvalue weighted by molar-refractivity contribution is 0.1000. The standard InChI is InChI=1S/C25H24F2N6O2/c1-14-10-15(28)13-32(12-14)17-7-9-30-11-19(17)33(18-5-2-4-16(26)22(18)27)25(34)21-23-20(35-24(21)29)6-3-8-31-23/h2-9,11,14-15H,10,12-13,28-29H2,1H3. The highest BCUT2D eigenvalue weighted by molar-refractivity contribution is 6.19. The minimum Gasteiger partial charge on any atom is -0.438 e. The van der Waals surface area contributed by atoms with E-state index in [-0.39, 0.29) is 34.4 Å². The third kappa shape index (κ3) is 4.06. The molecule has 2 atom stereocenters. The van der Waals surface area contributed by atoms with Crippen molar-refractivity contribution >= 4 is 40.0 Å². The van der Waals surface area contributed by atoms with Gasteiger partial charge in [0.2, 0.25) is 5.88 Å². The van der Waals surface area contributed by atoms with E-state index in [4.69, 9.17) is 15.9 Å². The van der Waals surface area contributed by atoms with Crippen LogP contribution >= 0.6 is 0 Å². The lowest BCUT2D eigenvalue weighted by Gasteiger charge is -2.38. The van der Waals surface area contributed by atoms with Crippen molar-refractivity contribution in [3.63, 3.8) is 0 Å². The second-order valence-electron chi connectivity index (χ2n) is 8.78. The molecule has 1 amide bonds. The van der Waals surface area contributed by atoms with Crippen molar-refractivity contribution in [3.05, 3.63) is 72.2 Å². The minimum atomic E-state index is -1.18. The fraction of sp³-hybridized carbons (Fsp3) is 0.240. The van der Waals surface area contributed by atoms with Crippen LogP contribution in [0.3, 0.4) is 0 Å². The van der Waals surface area contributed by atoms with Gasteiger partial charge in [0.15, 0.2) is 17.2 Å². The number of carbonyl (C=O) groups excluding carboxylic acids is 1. The van der Waals surface area contributed by atoms with Crippen molar-refractivity contribution in [2.24, 2.45) is 11.7 Å². The van der Waals surface area contributed by atoms with Crippen LogP contribution in [0.4, 0.5) is 31.7 Å². The van der Waals surface area contributed by atoms with Gasteiger partial charge in [0, 0.05) is 31.5 Å². The first-order chi connectivity index (χ1) is 16.8. The van der Waals surface area contributed by atoms with Crippen LogP contribution in [0.1, 0.15) is 23.7 Å². The number of hydrogen-bond donors (Lipinski definition) is 2. The molecule has 1 aliphatic heterocycles. The van der Waals surface area contributed by atoms with Crippen LogP contribution in [-0.4, -0.2) is 35.0 Å². The first-order valence-corrected chi connectivity index (χ1v) is 11.2. The van der Waals surface area contributed by atoms with Crippen molar-refractivity contribution in [2.45, 2.75) is 19.4 Å². The number of piperidine rings is 1. The Morgan fingerprint density at radius 2 is 1.97 bits per heavy atom. The number of furan rings is 1. The number of halogens is 2. The summed E-state index contributed by atoms with van der Waals surface area (Å²) in [7, 11) is 0. The van der Waals surface area contributed by atoms with Crippen LogP contribution in [0.25, 0.3) is 11.1 Å². The molecule has 0 saturated carbocycles. The van der Waals surface area contributed by atoms with E-state index in [1.54, 1.807) is 24.4 Å². The summed E-state index contributed by atoms with van der Waals surface area (Å²) in [6.07, 6.45) is 5.38. The minimum absolute atomic E-state index is 0.0530. The van der Waals surface area contributed by atoms with Gasteiger partial charge in [0.05, 0.1) is 23.3 Å². The van der Waals surface area contributed by atoms with E-state index in [1.165, 1.54) is 24.5 Å². The Morgan fingerprint density at radius 3 is 2.77 bits per heavy atom. The maximum atomic E-state index is 15.2. The average Bonchev–Trinajstić information content (AvgIpc) is 3.17. The van der Waals surface area contributed by atoms with Crippen LogP contribution in [0, 0.1) is 17.6 Å². The topological polar surface area (TPSA) is 115 Å². The molecule has 10 heteroatoms. The number of rotatable bonds is 4. The summed E-state index contributed by atoms with van der Waals surface area (Å²) >= 11 is 0. The Labute approximate surface area is 200 Å². The molecule has 4 aromatic rings. The molecule has 35 heavy (non-hydrogen) atoms. The first-order valence-electron chi connectivity index (χ1n) is 11.2. The summed E-state index contributed by atoms with van der Waals surface area (Å²) in [5.74, 6) is -2.88. The number of nitrogens with two attached hydrogens (primary N) is 2. The van der Waals surface area contributed by atoms with E-state index in [0.29, 0.717) is 30.3 Å². The fourth-order valence-electron chi connectivity index (χ4n) is 4.69. The van der Waals surface area contributed by atoms with Gasteiger partial charge in [-0.1, -0.05) is 13.0 Å². The SMILES string of the molecule is CC1CC(N)CN(c2ccncc2N(C(=O)c2c(N)oc3cccnc23)c2cccc(F)c2F)C1. The molecule has 0 bridgehead atoms. The van der Waals surface area contributed by atoms with Gasteiger partial charge in [-0.2, -0.15) is 0 Å². The Kier molecular flexibility index (Phi) is 5.81. The molecule has 3 aromatic heterocycles. The zero-order valence-electron chi connectivity index (χ0n) is 19.0. The first kappa shape index (κ1) is 22.7. The van der Waals surface area contributed by atoms with E-state index in [9.17, 15) is 9.18 Å². The van der Waals surface area contributed by atoms with Crippen molar-refractivity contribution in [1.29, 1.82) is 0 Å². The molecule has 1 fully saturated rings. The van der Waals surface area contributed by atoms with E-state index in [0.717, 1.165) is 17.4 Å². The lowest BCUT2D eigenvalue weighted by atomic mass is 9.96. The molecule has 0 spiro atoms. The summed E-state index contributed by atoms with van der Waals surface area (Å²) in [5, 5.41) is 0. The van der Waals surface area contributed by atoms with E-state index >= 15 is 4.39 Å². The van der Waals surface area contributed by atoms with Crippen LogP contribution in [-0.2, 0) is 0 Å². The van der Waals surface area contributed by atoms with E-state index in [1.807, 2.05) is 4.90 Å². The molecule has 4 heterocycles. The molecular weight excluding hydrogens is 454 g/mol. The molecule has 5 rings (SSSR count). The molecule has 0 aliphatic carbocycles. The Hall–Kier alpha value is -4.05. The maximum Gasteiger partial charge on any atom is 0.270 e. The van der Waals surface area contributed by atoms with Gasteiger partial charge in [-0.15, -0.1) is 0 Å². The fourth-order valence-corrected chi connectivity index (χ4v) is 4.69. The van der Waals surface area contributed by atoms with Gasteiger partial charge in [0.1, 0.15) is 11.1 Å². The van der Waals surface area contributed by atoms with Gasteiger partial charge in [-0.25, -0.2) is 8.78 Å². The highest BCUT2D eigenvalue weighted by atomic mass is 19.2. The Bertz CT molecular complexity index is 1400. The van der Waals surface area contributed by atoms with Crippen LogP contribution < -0.4 is 21.3 Å². The lowest BCUT2D eigenvalue weighted by Crippen LogP contribution is -2.47. The molecule has 180 valence electrons. The smallest absolute Gasteiger partial charge is 0.270 e. The molecule has 1 aliphatic rings. The van der Waals surface area contributed by atoms with Gasteiger partial charge in [-0.3, -0.25) is 19.7 Å². The third-order valence-electron chi connectivity index (χ3n) is 6.11. The number of benzene rings is 1. The van der Waals surface area contributed by atoms with Gasteiger partial charge >= 0.3 is 0 Å². The number of carbonyl (C=O) groups is 1. The predicted molar refractivity (Wildman–Crippen MR) is 129 cm³/mol. The zero-order chi connectivity index (χ0) is 24.7. The highest BCUT2D eigenvalue weighted by Crippen LogP contribution is 2.40. The summed E-state index contributed by atoms with van der Waals surface area (Å²) < 4.78 is 35.0. The van der Waals surface area contributed by atoms with Crippen LogP contribution in [0.2, 0.25) is 0 Å². The molecule has 0 radical (unpaired) electrons. The van der Waals surface area contributed by atoms with Gasteiger partial charge in [0.25, 0.3) is 5.91 Å². The third-order valence-corrected chi connectivity index (χ3v) is 6.11. The largest absolute Gasteiger partial charge is 0.438 e. The van der Waals surface area contributed by atoms with E-state index < -0.39 is 17.5 Å². The predicted octanol–water partition coefficient (Wildman–Crippen LogP) is 4.24. The molecular formula is C25H24F2N6O2. The van der Waals surface area contributed by atoms with Crippen molar-refractivity contribution in [1.82, 2.24) is 9.97 Å². The quantitative estimate of drug-likeness (QED) is 0.451. The molecule has 1 aromatic carbocycles. The number of anilines is 4. The highest BCUT2D eigenvalue weighted by Gasteiger charge is 2.33. The second-order valence-corrected chi connectivity index (χ2v) is 8.78. The van der Waals surface area contributed by atoms with Gasteiger partial charge < -0.3 is 20.8 Å². The number of pyridine rings is 2. The Balaban J connectivity index is 1.72. The van der Waals surface area contributed by atoms with Crippen LogP contribution in [0.15, 0.2) is 59.4 Å². The number of hydrogen-bond acceptors (Lipinski definition) is 7. The second kappa shape index (κ2) is 8.95. The number of nitrogens with zero attached hydrogens (tertiary/aromatic N) is 4. The summed E-state index contributed by atoms with van der Waals surface area (Å²) in [5.41, 5.74) is 13.4. The number of fused-ring (bicyclic) bond motifs is 1. The number of nitrogen functional groups attached to an aromatic ring is 1. The average molecular weight is 479 g/mol. The monoisotopic (exact) mass is 478 g/mol. The van der Waals surface area contributed by atoms with Crippen LogP contribution in [0.5, 0.6) is 0 Å². The molecule has 2 unspecified atom stereocenters. The van der Waals surface area contributed by atoms with Gasteiger partial charge in [-0.05, 0) is 42.7 Å². The summed E-state index contributed by atoms with van der Waals surface area (Å²) in [4.78, 5) is 25.6. The summed E-state index contributed by atoms with van der Waals surface area (Å²) in [6, 6.07) is 8.56. The van der Waals surface area contributed by atoms with Crippen molar-refractivity contribution in [3.8, 4) is 0 Å². The number of aromatic nitrogens is 2. The molecule has 1 saturated heterocycles. The Morgan fingerprint density at radius 1 is 1.14 bits per heavy atom. The zero-order valence-corrected chi connectivity index (χ0v) is 19.0. The normalized spacial score (nSPS) is 18.1. The summed E-state index contributed by atoms with van der Waals surface area (Å²) in [6.45, 7) is 3.30. The molecule has 4 N–H and O–H groups in total. The number of amides is 1.